The number of aromatic nitrogens is 3. The van der Waals surface area contributed by atoms with Crippen molar-refractivity contribution >= 4 is 28.6 Å². The molecular formula is C21H20ClN3O3. The van der Waals surface area contributed by atoms with Gasteiger partial charge >= 0.3 is 5.97 Å². The van der Waals surface area contributed by atoms with E-state index in [2.05, 4.69) is 15.9 Å². The first-order valence-electron chi connectivity index (χ1n) is 8.67. The van der Waals surface area contributed by atoms with Gasteiger partial charge in [0, 0.05) is 16.3 Å². The van der Waals surface area contributed by atoms with Crippen molar-refractivity contribution in [3.8, 4) is 18.0 Å². The molecule has 1 aromatic carbocycles. The predicted octanol–water partition coefficient (Wildman–Crippen LogP) is 3.75. The molecule has 7 heteroatoms. The number of fused-ring (bicyclic) bond motifs is 1. The second kappa shape index (κ2) is 7.17. The largest absolute Gasteiger partial charge is 0.460 e. The highest BCUT2D eigenvalue weighted by atomic mass is 35.5. The van der Waals surface area contributed by atoms with E-state index in [1.54, 1.807) is 52.0 Å². The second-order valence-corrected chi connectivity index (χ2v) is 7.91. The Hall–Kier alpha value is -3.04. The highest BCUT2D eigenvalue weighted by Crippen LogP contribution is 2.23. The summed E-state index contributed by atoms with van der Waals surface area (Å²) in [6.45, 7) is 7.07. The monoisotopic (exact) mass is 397 g/mol. The molecule has 144 valence electrons. The number of aryl methyl sites for hydroxylation is 1. The minimum atomic E-state index is -0.640. The molecule has 2 aromatic heterocycles. The van der Waals surface area contributed by atoms with Crippen molar-refractivity contribution in [3.05, 3.63) is 56.7 Å². The highest BCUT2D eigenvalue weighted by Gasteiger charge is 2.25. The van der Waals surface area contributed by atoms with Crippen LogP contribution in [0.15, 0.2) is 29.1 Å². The third-order valence-electron chi connectivity index (χ3n) is 4.32. The average Bonchev–Trinajstić information content (AvgIpc) is 2.95. The first kappa shape index (κ1) is 19.7. The number of nitrogens with zero attached hydrogens (tertiary/aromatic N) is 2. The van der Waals surface area contributed by atoms with Gasteiger partial charge in [-0.15, -0.1) is 6.42 Å². The smallest absolute Gasteiger partial charge is 0.311 e. The number of H-pyrrole nitrogens is 1. The van der Waals surface area contributed by atoms with Crippen LogP contribution in [0.2, 0.25) is 5.02 Å². The number of esters is 1. The van der Waals surface area contributed by atoms with Crippen molar-refractivity contribution in [1.82, 2.24) is 14.5 Å². The molecule has 3 aromatic rings. The van der Waals surface area contributed by atoms with E-state index in [1.165, 1.54) is 4.57 Å². The third-order valence-corrected chi connectivity index (χ3v) is 4.57. The molecule has 2 heterocycles. The van der Waals surface area contributed by atoms with Crippen LogP contribution in [0.25, 0.3) is 16.7 Å². The third kappa shape index (κ3) is 3.54. The fraction of sp³-hybridized carbons (Fsp3) is 0.286. The van der Waals surface area contributed by atoms with Crippen LogP contribution in [0.4, 0.5) is 0 Å². The quantitative estimate of drug-likeness (QED) is 0.539. The first-order chi connectivity index (χ1) is 13.1. The lowest BCUT2D eigenvalue weighted by Gasteiger charge is -2.16. The minimum absolute atomic E-state index is 0.0329. The Balaban J connectivity index is 2.17. The molecule has 6 nitrogen and oxygen atoms in total. The first-order valence-corrected chi connectivity index (χ1v) is 9.05. The molecule has 0 saturated heterocycles. The van der Waals surface area contributed by atoms with E-state index in [0.717, 1.165) is 0 Å². The molecule has 3 rings (SSSR count). The summed E-state index contributed by atoms with van der Waals surface area (Å²) in [6.07, 6.45) is 5.59. The van der Waals surface area contributed by atoms with Crippen LogP contribution in [0.5, 0.6) is 0 Å². The van der Waals surface area contributed by atoms with Crippen molar-refractivity contribution in [3.63, 3.8) is 0 Å². The molecule has 0 fully saturated rings. The summed E-state index contributed by atoms with van der Waals surface area (Å²) in [5.41, 5.74) is 1.20. The summed E-state index contributed by atoms with van der Waals surface area (Å²) in [5.74, 6) is 2.27. The maximum Gasteiger partial charge on any atom is 0.311 e. The number of ether oxygens (including phenoxy) is 1. The number of hydrogen-bond acceptors (Lipinski definition) is 4. The summed E-state index contributed by atoms with van der Waals surface area (Å²) >= 11 is 5.95. The molecule has 1 N–H and O–H groups in total. The maximum absolute atomic E-state index is 13.3. The van der Waals surface area contributed by atoms with E-state index >= 15 is 0 Å². The molecule has 0 aliphatic carbocycles. The van der Waals surface area contributed by atoms with Crippen LogP contribution in [-0.2, 0) is 16.1 Å². The average molecular weight is 398 g/mol. The van der Waals surface area contributed by atoms with Gasteiger partial charge < -0.3 is 9.72 Å². The molecule has 0 bridgehead atoms. The summed E-state index contributed by atoms with van der Waals surface area (Å²) in [4.78, 5) is 32.9. The number of halogens is 1. The van der Waals surface area contributed by atoms with Crippen LogP contribution >= 0.6 is 11.6 Å². The van der Waals surface area contributed by atoms with E-state index in [1.807, 2.05) is 0 Å². The zero-order valence-electron chi connectivity index (χ0n) is 16.1. The lowest BCUT2D eigenvalue weighted by Crippen LogP contribution is -2.24. The fourth-order valence-corrected chi connectivity index (χ4v) is 2.91. The Morgan fingerprint density at radius 1 is 1.32 bits per heavy atom. The van der Waals surface area contributed by atoms with Crippen LogP contribution in [-0.4, -0.2) is 20.5 Å². The number of benzene rings is 1. The lowest BCUT2D eigenvalue weighted by molar-refractivity contribution is -0.154. The molecule has 0 atom stereocenters. The topological polar surface area (TPSA) is 77.0 Å². The van der Waals surface area contributed by atoms with Gasteiger partial charge in [-0.05, 0) is 57.9 Å². The van der Waals surface area contributed by atoms with Gasteiger partial charge in [0.1, 0.15) is 12.3 Å². The van der Waals surface area contributed by atoms with Crippen molar-refractivity contribution in [2.75, 3.05) is 0 Å². The van der Waals surface area contributed by atoms with E-state index in [9.17, 15) is 9.59 Å². The summed E-state index contributed by atoms with van der Waals surface area (Å²) < 4.78 is 6.77. The predicted molar refractivity (Wildman–Crippen MR) is 109 cm³/mol. The molecule has 0 spiro atoms. The standard InChI is InChI=1S/C21H20ClN3O3/c1-6-16-24-18-17(19(26)25(16)14-9-7-13(22)8-10-14)15(12(2)23-18)11-28-20(27)21(3,4)5/h1,7-10,23H,11H2,2-5H3. The zero-order valence-corrected chi connectivity index (χ0v) is 16.8. The Kier molecular flexibility index (Phi) is 5.05. The minimum Gasteiger partial charge on any atom is -0.460 e. The molecule has 0 saturated carbocycles. The Morgan fingerprint density at radius 2 is 1.96 bits per heavy atom. The van der Waals surface area contributed by atoms with E-state index in [0.29, 0.717) is 33.0 Å². The van der Waals surface area contributed by atoms with Gasteiger partial charge in [0.25, 0.3) is 5.56 Å². The van der Waals surface area contributed by atoms with Gasteiger partial charge in [0.2, 0.25) is 0 Å². The van der Waals surface area contributed by atoms with Gasteiger partial charge in [0.15, 0.2) is 5.82 Å². The molecule has 0 aliphatic rings. The van der Waals surface area contributed by atoms with Gasteiger partial charge in [-0.1, -0.05) is 11.6 Å². The summed E-state index contributed by atoms with van der Waals surface area (Å²) in [6, 6.07) is 6.72. The summed E-state index contributed by atoms with van der Waals surface area (Å²) in [7, 11) is 0. The van der Waals surface area contributed by atoms with Crippen LogP contribution in [0.3, 0.4) is 0 Å². The van der Waals surface area contributed by atoms with Crippen molar-refractivity contribution < 1.29 is 9.53 Å². The number of aromatic amines is 1. The number of terminal acetylenes is 1. The number of nitrogens with one attached hydrogen (secondary N) is 1. The van der Waals surface area contributed by atoms with Crippen LogP contribution < -0.4 is 5.56 Å². The molecule has 0 amide bonds. The van der Waals surface area contributed by atoms with Crippen LogP contribution in [0, 0.1) is 24.7 Å². The van der Waals surface area contributed by atoms with Gasteiger partial charge in [-0.3, -0.25) is 14.2 Å². The van der Waals surface area contributed by atoms with Crippen molar-refractivity contribution in [2.45, 2.75) is 34.3 Å². The second-order valence-electron chi connectivity index (χ2n) is 7.48. The SMILES string of the molecule is C#Cc1nc2[nH]c(C)c(COC(=O)C(C)(C)C)c2c(=O)n1-c1ccc(Cl)cc1. The fourth-order valence-electron chi connectivity index (χ4n) is 2.79. The Labute approximate surface area is 167 Å². The van der Waals surface area contributed by atoms with Gasteiger partial charge in [-0.25, -0.2) is 4.98 Å². The number of carbonyl (C=O) groups is 1. The zero-order chi connectivity index (χ0) is 20.6. The Morgan fingerprint density at radius 3 is 2.54 bits per heavy atom. The molecule has 0 radical (unpaired) electrons. The van der Waals surface area contributed by atoms with Crippen molar-refractivity contribution in [2.24, 2.45) is 5.41 Å². The normalized spacial score (nSPS) is 11.4. The maximum atomic E-state index is 13.3. The van der Waals surface area contributed by atoms with E-state index < -0.39 is 5.41 Å². The molecule has 28 heavy (non-hydrogen) atoms. The Bertz CT molecular complexity index is 1160. The highest BCUT2D eigenvalue weighted by molar-refractivity contribution is 6.30. The van der Waals surface area contributed by atoms with E-state index in [4.69, 9.17) is 22.8 Å². The van der Waals surface area contributed by atoms with Gasteiger partial charge in [0.05, 0.1) is 16.5 Å². The number of rotatable bonds is 3. The number of hydrogen-bond donors (Lipinski definition) is 1. The van der Waals surface area contributed by atoms with Gasteiger partial charge in [-0.2, -0.15) is 0 Å². The van der Waals surface area contributed by atoms with E-state index in [-0.39, 0.29) is 24.0 Å². The lowest BCUT2D eigenvalue weighted by atomic mass is 9.97. The molecular weight excluding hydrogens is 378 g/mol. The van der Waals surface area contributed by atoms with Crippen molar-refractivity contribution in [1.29, 1.82) is 0 Å². The summed E-state index contributed by atoms with van der Waals surface area (Å²) in [5, 5.41) is 0.883. The van der Waals surface area contributed by atoms with Crippen LogP contribution in [0.1, 0.15) is 37.9 Å². The number of carbonyl (C=O) groups excluding carboxylic acids is 1. The molecule has 0 aliphatic heterocycles. The molecule has 0 unspecified atom stereocenters.